The number of amides is 4. The first-order valence-corrected chi connectivity index (χ1v) is 13.2. The minimum Gasteiger partial charge on any atom is -0.338 e. The third kappa shape index (κ3) is 5.59. The highest BCUT2D eigenvalue weighted by Crippen LogP contribution is 2.36. The Balaban J connectivity index is 1.64. The van der Waals surface area contributed by atoms with Gasteiger partial charge in [-0.1, -0.05) is 62.7 Å². The number of fused-ring (bicyclic) bond motifs is 2. The number of benzene rings is 2. The second-order valence-corrected chi connectivity index (χ2v) is 10.2. The molecule has 2 fully saturated rings. The van der Waals surface area contributed by atoms with Gasteiger partial charge in [0.1, 0.15) is 12.2 Å². The molecule has 2 aromatic rings. The number of halogens is 3. The molecule has 0 unspecified atom stereocenters. The van der Waals surface area contributed by atoms with E-state index in [0.29, 0.717) is 6.42 Å². The molecule has 0 spiro atoms. The van der Waals surface area contributed by atoms with Crippen molar-refractivity contribution in [2.75, 3.05) is 19.6 Å². The molecule has 10 heteroatoms. The van der Waals surface area contributed by atoms with Gasteiger partial charge in [0.15, 0.2) is 0 Å². The van der Waals surface area contributed by atoms with E-state index in [2.05, 4.69) is 5.32 Å². The van der Waals surface area contributed by atoms with Gasteiger partial charge in [-0.15, -0.1) is 0 Å². The van der Waals surface area contributed by atoms with Crippen LogP contribution in [-0.4, -0.2) is 70.6 Å². The van der Waals surface area contributed by atoms with Crippen LogP contribution in [0.3, 0.4) is 0 Å². The fourth-order valence-corrected chi connectivity index (χ4v) is 5.59. The Morgan fingerprint density at radius 2 is 1.82 bits per heavy atom. The molecule has 0 aliphatic carbocycles. The summed E-state index contributed by atoms with van der Waals surface area (Å²) in [5.74, 6) is -0.490. The van der Waals surface area contributed by atoms with E-state index in [1.165, 1.54) is 4.90 Å². The smallest absolute Gasteiger partial charge is 0.338 e. The predicted molar refractivity (Wildman–Crippen MR) is 138 cm³/mol. The van der Waals surface area contributed by atoms with Crippen LogP contribution in [0.1, 0.15) is 58.1 Å². The molecule has 2 aromatic carbocycles. The van der Waals surface area contributed by atoms with E-state index in [0.717, 1.165) is 16.3 Å². The third-order valence-electron chi connectivity index (χ3n) is 7.83. The van der Waals surface area contributed by atoms with Crippen LogP contribution in [0.25, 0.3) is 10.8 Å². The summed E-state index contributed by atoms with van der Waals surface area (Å²) in [7, 11) is 0. The van der Waals surface area contributed by atoms with Gasteiger partial charge >= 0.3 is 12.2 Å². The Morgan fingerprint density at radius 1 is 1.11 bits per heavy atom. The van der Waals surface area contributed by atoms with Gasteiger partial charge in [-0.25, -0.2) is 4.79 Å². The second kappa shape index (κ2) is 11.2. The number of hydrogen-bond donors (Lipinski definition) is 1. The van der Waals surface area contributed by atoms with Gasteiger partial charge in [0, 0.05) is 25.9 Å². The number of alkyl halides is 3. The first kappa shape index (κ1) is 27.7. The van der Waals surface area contributed by atoms with Crippen molar-refractivity contribution in [2.24, 2.45) is 5.92 Å². The number of carbonyl (C=O) groups is 3. The summed E-state index contributed by atoms with van der Waals surface area (Å²) in [4.78, 5) is 45.0. The Hall–Kier alpha value is -3.30. The molecular weight excluding hydrogens is 497 g/mol. The van der Waals surface area contributed by atoms with Crippen molar-refractivity contribution in [3.8, 4) is 0 Å². The molecule has 2 heterocycles. The molecule has 2 aliphatic rings. The molecule has 0 bridgehead atoms. The zero-order valence-corrected chi connectivity index (χ0v) is 22.0. The van der Waals surface area contributed by atoms with E-state index in [-0.39, 0.29) is 56.3 Å². The first-order chi connectivity index (χ1) is 18.0. The summed E-state index contributed by atoms with van der Waals surface area (Å²) in [5.41, 5.74) is 0.970. The number of urea groups is 1. The number of nitrogens with zero attached hydrogens (tertiary/aromatic N) is 3. The lowest BCUT2D eigenvalue weighted by Crippen LogP contribution is -2.73. The molecule has 0 aromatic heterocycles. The van der Waals surface area contributed by atoms with Crippen molar-refractivity contribution in [1.29, 1.82) is 0 Å². The van der Waals surface area contributed by atoms with Crippen LogP contribution in [0.5, 0.6) is 0 Å². The number of piperazine rings is 1. The van der Waals surface area contributed by atoms with Crippen molar-refractivity contribution >= 4 is 28.6 Å². The van der Waals surface area contributed by atoms with E-state index in [1.54, 1.807) is 9.80 Å². The average Bonchev–Trinajstić information content (AvgIpc) is 2.89. The molecule has 38 heavy (non-hydrogen) atoms. The fourth-order valence-electron chi connectivity index (χ4n) is 5.59. The molecule has 206 valence electrons. The maximum absolute atomic E-state index is 14.0. The lowest BCUT2D eigenvalue weighted by molar-refractivity contribution is -0.172. The summed E-state index contributed by atoms with van der Waals surface area (Å²) < 4.78 is 37.6. The highest BCUT2D eigenvalue weighted by atomic mass is 19.4. The van der Waals surface area contributed by atoms with Gasteiger partial charge in [0.05, 0.1) is 12.6 Å². The van der Waals surface area contributed by atoms with Gasteiger partial charge in [0.2, 0.25) is 11.8 Å². The van der Waals surface area contributed by atoms with Crippen molar-refractivity contribution in [1.82, 2.24) is 20.0 Å². The highest BCUT2D eigenvalue weighted by molar-refractivity contribution is 5.92. The summed E-state index contributed by atoms with van der Waals surface area (Å²) in [5, 5.41) is 4.66. The Bertz CT molecular complexity index is 1180. The summed E-state index contributed by atoms with van der Waals surface area (Å²) >= 11 is 0. The number of nitrogens with one attached hydrogen (secondary N) is 1. The molecule has 4 rings (SSSR count). The number of rotatable bonds is 7. The first-order valence-electron chi connectivity index (χ1n) is 13.2. The highest BCUT2D eigenvalue weighted by Gasteiger charge is 2.51. The Labute approximate surface area is 220 Å². The predicted octanol–water partition coefficient (Wildman–Crippen LogP) is 5.07. The van der Waals surface area contributed by atoms with Crippen molar-refractivity contribution < 1.29 is 27.6 Å². The summed E-state index contributed by atoms with van der Waals surface area (Å²) in [6, 6.07) is 12.3. The third-order valence-corrected chi connectivity index (χ3v) is 7.83. The van der Waals surface area contributed by atoms with Gasteiger partial charge in [-0.05, 0) is 35.6 Å². The van der Waals surface area contributed by atoms with Crippen LogP contribution in [0.2, 0.25) is 0 Å². The Kier molecular flexibility index (Phi) is 8.18. The lowest BCUT2D eigenvalue weighted by atomic mass is 9.90. The molecule has 7 nitrogen and oxygen atoms in total. The summed E-state index contributed by atoms with van der Waals surface area (Å²) in [6.07, 6.45) is -5.48. The van der Waals surface area contributed by atoms with Crippen LogP contribution >= 0.6 is 0 Å². The number of hydrogen-bond acceptors (Lipinski definition) is 3. The number of carbonyl (C=O) groups excluding carboxylic acids is 3. The average molecular weight is 533 g/mol. The normalized spacial score (nSPS) is 21.9. The SMILES string of the molecule is CC[C@H](C)[C@H]1C(=O)N([C@@H](C)c2cccc3ccccc23)C[C@@H]2N(C(=O)NCCCC(F)(F)F)CCC(=O)N12. The molecule has 0 radical (unpaired) electrons. The molecule has 4 atom stereocenters. The van der Waals surface area contributed by atoms with E-state index < -0.39 is 30.8 Å². The van der Waals surface area contributed by atoms with E-state index in [4.69, 9.17) is 0 Å². The molecule has 1 N–H and O–H groups in total. The van der Waals surface area contributed by atoms with E-state index in [1.807, 2.05) is 63.2 Å². The van der Waals surface area contributed by atoms with Crippen molar-refractivity contribution in [2.45, 2.75) is 70.9 Å². The largest absolute Gasteiger partial charge is 0.389 e. The standard InChI is InChI=1S/C28H35F3N4O3/c1-4-18(2)25-26(37)34(19(3)21-12-7-10-20-9-5-6-11-22(20)21)17-23-33(16-13-24(36)35(23)25)27(38)32-15-8-14-28(29,30)31/h5-7,9-12,18-19,23,25H,4,8,13-17H2,1-3H3,(H,32,38)/t18-,19-,23+,25-/m0/s1. The quantitative estimate of drug-likeness (QED) is 0.506. The minimum atomic E-state index is -4.29. The maximum Gasteiger partial charge on any atom is 0.389 e. The Morgan fingerprint density at radius 3 is 2.53 bits per heavy atom. The fraction of sp³-hybridized carbons (Fsp3) is 0.536. The van der Waals surface area contributed by atoms with Crippen LogP contribution in [-0.2, 0) is 9.59 Å². The van der Waals surface area contributed by atoms with Crippen molar-refractivity contribution in [3.63, 3.8) is 0 Å². The van der Waals surface area contributed by atoms with E-state index >= 15 is 0 Å². The van der Waals surface area contributed by atoms with Crippen LogP contribution in [0.4, 0.5) is 18.0 Å². The second-order valence-electron chi connectivity index (χ2n) is 10.2. The van der Waals surface area contributed by atoms with Gasteiger partial charge in [0.25, 0.3) is 0 Å². The lowest BCUT2D eigenvalue weighted by Gasteiger charge is -2.54. The van der Waals surface area contributed by atoms with Crippen LogP contribution in [0, 0.1) is 5.92 Å². The molecule has 0 saturated carbocycles. The zero-order valence-electron chi connectivity index (χ0n) is 22.0. The van der Waals surface area contributed by atoms with Gasteiger partial charge in [-0.3, -0.25) is 9.59 Å². The molecule has 2 saturated heterocycles. The molecule has 4 amide bonds. The zero-order chi connectivity index (χ0) is 27.6. The molecule has 2 aliphatic heterocycles. The van der Waals surface area contributed by atoms with E-state index in [9.17, 15) is 27.6 Å². The summed E-state index contributed by atoms with van der Waals surface area (Å²) in [6.45, 7) is 5.98. The van der Waals surface area contributed by atoms with Gasteiger partial charge in [-0.2, -0.15) is 13.2 Å². The maximum atomic E-state index is 14.0. The van der Waals surface area contributed by atoms with Crippen LogP contribution < -0.4 is 5.32 Å². The van der Waals surface area contributed by atoms with Crippen molar-refractivity contribution in [3.05, 3.63) is 48.0 Å². The van der Waals surface area contributed by atoms with Crippen LogP contribution in [0.15, 0.2) is 42.5 Å². The van der Waals surface area contributed by atoms with Gasteiger partial charge < -0.3 is 20.0 Å². The minimum absolute atomic E-state index is 0.0611. The molecular formula is C28H35F3N4O3. The monoisotopic (exact) mass is 532 g/mol. The topological polar surface area (TPSA) is 73.0 Å².